The summed E-state index contributed by atoms with van der Waals surface area (Å²) in [4.78, 5) is 29.8. The summed E-state index contributed by atoms with van der Waals surface area (Å²) in [6, 6.07) is 14.3. The minimum absolute atomic E-state index is 0.0181. The second-order valence-electron chi connectivity index (χ2n) is 7.44. The molecule has 2 aromatic rings. The lowest BCUT2D eigenvalue weighted by Gasteiger charge is -2.38. The van der Waals surface area contributed by atoms with Crippen molar-refractivity contribution in [2.24, 2.45) is 5.73 Å². The maximum atomic E-state index is 13.9. The van der Waals surface area contributed by atoms with Crippen LogP contribution in [0.1, 0.15) is 5.56 Å². The molecule has 3 aliphatic rings. The van der Waals surface area contributed by atoms with Gasteiger partial charge in [0, 0.05) is 16.9 Å². The van der Waals surface area contributed by atoms with Crippen molar-refractivity contribution < 1.29 is 18.7 Å². The number of nitrogens with two attached hydrogens (primary N) is 1. The number of carbonyl (C=O) groups is 2. The number of esters is 1. The van der Waals surface area contributed by atoms with E-state index < -0.39 is 23.1 Å². The molecular formula is C24H15FN4O3. The molecule has 0 saturated heterocycles. The van der Waals surface area contributed by atoms with Gasteiger partial charge in [-0.25, -0.2) is 9.18 Å². The molecule has 3 heterocycles. The number of carbonyl (C=O) groups excluding carboxylic acids is 2. The number of halogens is 1. The van der Waals surface area contributed by atoms with Gasteiger partial charge < -0.3 is 10.5 Å². The fourth-order valence-electron chi connectivity index (χ4n) is 4.73. The number of fused-ring (bicyclic) bond motifs is 3. The number of anilines is 2. The third-order valence-corrected chi connectivity index (χ3v) is 5.96. The van der Waals surface area contributed by atoms with Crippen LogP contribution in [0.15, 0.2) is 71.2 Å². The van der Waals surface area contributed by atoms with Crippen molar-refractivity contribution in [1.82, 2.24) is 0 Å². The molecule has 0 aromatic heterocycles. The number of para-hydroxylation sites is 1. The first-order valence-corrected chi connectivity index (χ1v) is 9.68. The van der Waals surface area contributed by atoms with Crippen molar-refractivity contribution in [2.45, 2.75) is 5.41 Å². The second kappa shape index (κ2) is 6.73. The summed E-state index contributed by atoms with van der Waals surface area (Å²) in [5.41, 5.74) is 6.29. The second-order valence-corrected chi connectivity index (χ2v) is 7.44. The summed E-state index contributed by atoms with van der Waals surface area (Å²) >= 11 is 0. The minimum Gasteiger partial charge on any atom is -0.456 e. The van der Waals surface area contributed by atoms with Crippen LogP contribution in [0.4, 0.5) is 15.8 Å². The van der Waals surface area contributed by atoms with E-state index in [2.05, 4.69) is 12.0 Å². The van der Waals surface area contributed by atoms with E-state index in [1.165, 1.54) is 34.1 Å². The highest BCUT2D eigenvalue weighted by Crippen LogP contribution is 2.56. The Kier molecular flexibility index (Phi) is 4.08. The molecule has 0 saturated carbocycles. The highest BCUT2D eigenvalue weighted by atomic mass is 19.1. The number of nitrogens with zero attached hydrogens (tertiary/aromatic N) is 3. The largest absolute Gasteiger partial charge is 0.456 e. The lowest BCUT2D eigenvalue weighted by atomic mass is 9.67. The number of cyclic esters (lactones) is 1. The minimum atomic E-state index is -1.77. The molecular weight excluding hydrogens is 411 g/mol. The van der Waals surface area contributed by atoms with Crippen LogP contribution in [0.5, 0.6) is 0 Å². The number of hydrogen-bond donors (Lipinski definition) is 1. The predicted octanol–water partition coefficient (Wildman–Crippen LogP) is 2.07. The molecule has 5 rings (SSSR count). The smallest absolute Gasteiger partial charge is 0.338 e. The van der Waals surface area contributed by atoms with Crippen LogP contribution >= 0.6 is 0 Å². The number of rotatable bonds is 2. The van der Waals surface area contributed by atoms with E-state index in [1.807, 2.05) is 0 Å². The molecule has 1 atom stereocenters. The molecule has 3 aliphatic heterocycles. The predicted molar refractivity (Wildman–Crippen MR) is 113 cm³/mol. The van der Waals surface area contributed by atoms with Crippen molar-refractivity contribution >= 4 is 23.3 Å². The van der Waals surface area contributed by atoms with E-state index in [4.69, 9.17) is 16.9 Å². The van der Waals surface area contributed by atoms with Crippen LogP contribution in [0.2, 0.25) is 0 Å². The first-order chi connectivity index (χ1) is 15.5. The van der Waals surface area contributed by atoms with Crippen LogP contribution in [-0.4, -0.2) is 25.0 Å². The van der Waals surface area contributed by atoms with Gasteiger partial charge in [0.25, 0.3) is 0 Å². The van der Waals surface area contributed by atoms with Gasteiger partial charge in [-0.2, -0.15) is 5.26 Å². The topological polar surface area (TPSA) is 99.7 Å². The third-order valence-electron chi connectivity index (χ3n) is 5.96. The highest BCUT2D eigenvalue weighted by molar-refractivity contribution is 6.20. The Labute approximate surface area is 182 Å². The summed E-state index contributed by atoms with van der Waals surface area (Å²) in [6.45, 7) is -0.202. The quantitative estimate of drug-likeness (QED) is 0.583. The monoisotopic (exact) mass is 426 g/mol. The van der Waals surface area contributed by atoms with E-state index >= 15 is 0 Å². The molecule has 0 aliphatic carbocycles. The lowest BCUT2D eigenvalue weighted by molar-refractivity contribution is -0.137. The molecule has 2 aromatic carbocycles. The van der Waals surface area contributed by atoms with E-state index in [9.17, 15) is 19.2 Å². The maximum absolute atomic E-state index is 13.9. The number of ether oxygens (including phenoxy) is 1. The van der Waals surface area contributed by atoms with Gasteiger partial charge in [0.2, 0.25) is 5.91 Å². The Morgan fingerprint density at radius 3 is 2.59 bits per heavy atom. The van der Waals surface area contributed by atoms with E-state index in [0.29, 0.717) is 22.6 Å². The molecule has 1 unspecified atom stereocenters. The van der Waals surface area contributed by atoms with Crippen LogP contribution < -0.4 is 15.5 Å². The summed E-state index contributed by atoms with van der Waals surface area (Å²) in [5.74, 6) is 0.695. The zero-order valence-electron chi connectivity index (χ0n) is 16.6. The molecule has 156 valence electrons. The Morgan fingerprint density at radius 2 is 1.91 bits per heavy atom. The summed E-state index contributed by atoms with van der Waals surface area (Å²) in [5, 5.41) is 10.2. The van der Waals surface area contributed by atoms with Crippen molar-refractivity contribution in [3.8, 4) is 18.4 Å². The zero-order valence-corrected chi connectivity index (χ0v) is 16.6. The highest BCUT2D eigenvalue weighted by Gasteiger charge is 2.63. The Balaban J connectivity index is 1.86. The average Bonchev–Trinajstić information content (AvgIpc) is 3.28. The van der Waals surface area contributed by atoms with Gasteiger partial charge >= 0.3 is 5.97 Å². The molecule has 1 spiro atoms. The summed E-state index contributed by atoms with van der Waals surface area (Å²) in [7, 11) is 0. The first-order valence-electron chi connectivity index (χ1n) is 9.68. The molecule has 0 bridgehead atoms. The molecule has 2 N–H and O–H groups in total. The fraction of sp³-hybridized carbons (Fsp3) is 0.125. The number of hydrogen-bond acceptors (Lipinski definition) is 6. The van der Waals surface area contributed by atoms with Gasteiger partial charge in [-0.15, -0.1) is 6.42 Å². The van der Waals surface area contributed by atoms with Gasteiger partial charge in [-0.05, 0) is 30.3 Å². The van der Waals surface area contributed by atoms with Gasteiger partial charge in [0.1, 0.15) is 29.7 Å². The Hall–Kier alpha value is -4.56. The first kappa shape index (κ1) is 19.4. The third kappa shape index (κ3) is 2.24. The van der Waals surface area contributed by atoms with Gasteiger partial charge in [-0.3, -0.25) is 14.6 Å². The van der Waals surface area contributed by atoms with Crippen LogP contribution in [0, 0.1) is 29.5 Å². The van der Waals surface area contributed by atoms with Gasteiger partial charge in [-0.1, -0.05) is 24.1 Å². The molecule has 8 heteroatoms. The van der Waals surface area contributed by atoms with E-state index in [0.717, 1.165) is 0 Å². The number of amides is 1. The molecule has 32 heavy (non-hydrogen) atoms. The normalized spacial score (nSPS) is 21.5. The SMILES string of the molecule is C#CCN1C(=O)C2(C(C#N)=C(N)N(c3ccc(F)cc3)C3=C2C(=O)OC3)c2ccccc21. The lowest BCUT2D eigenvalue weighted by Crippen LogP contribution is -2.50. The summed E-state index contributed by atoms with van der Waals surface area (Å²) in [6.07, 6.45) is 5.50. The molecule has 0 radical (unpaired) electrons. The average molecular weight is 426 g/mol. The van der Waals surface area contributed by atoms with Crippen LogP contribution in [0.3, 0.4) is 0 Å². The van der Waals surface area contributed by atoms with Crippen molar-refractivity contribution in [3.63, 3.8) is 0 Å². The van der Waals surface area contributed by atoms with Gasteiger partial charge in [0.15, 0.2) is 0 Å². The van der Waals surface area contributed by atoms with Crippen LogP contribution in [0.25, 0.3) is 0 Å². The molecule has 0 fully saturated rings. The number of terminal acetylenes is 1. The van der Waals surface area contributed by atoms with Crippen molar-refractivity contribution in [2.75, 3.05) is 23.0 Å². The zero-order chi connectivity index (χ0) is 22.6. The van der Waals surface area contributed by atoms with Gasteiger partial charge in [0.05, 0.1) is 23.4 Å². The Bertz CT molecular complexity index is 1350. The van der Waals surface area contributed by atoms with Crippen molar-refractivity contribution in [3.05, 3.63) is 82.6 Å². The number of benzene rings is 2. The van der Waals surface area contributed by atoms with Crippen LogP contribution in [-0.2, 0) is 19.7 Å². The van der Waals surface area contributed by atoms with E-state index in [1.54, 1.807) is 24.3 Å². The number of nitriles is 1. The van der Waals surface area contributed by atoms with Crippen molar-refractivity contribution in [1.29, 1.82) is 5.26 Å². The standard InChI is InChI=1S/C24H15FN4O3/c1-2-11-28-18-6-4-3-5-16(18)24(23(28)31)17(12-26)21(27)29(15-9-7-14(25)8-10-15)19-13-32-22(30)20(19)24/h1,3-10H,11,13,27H2. The van der Waals surface area contributed by atoms with E-state index in [-0.39, 0.29) is 30.1 Å². The fourth-order valence-corrected chi connectivity index (χ4v) is 4.73. The summed E-state index contributed by atoms with van der Waals surface area (Å²) < 4.78 is 18.9. The maximum Gasteiger partial charge on any atom is 0.338 e. The Morgan fingerprint density at radius 1 is 1.19 bits per heavy atom. The molecule has 1 amide bonds. The molecule has 7 nitrogen and oxygen atoms in total.